The van der Waals surface area contributed by atoms with Crippen molar-refractivity contribution in [1.29, 1.82) is 0 Å². The van der Waals surface area contributed by atoms with E-state index < -0.39 is 0 Å². The second-order valence-electron chi connectivity index (χ2n) is 8.21. The quantitative estimate of drug-likeness (QED) is 0.433. The van der Waals surface area contributed by atoms with E-state index in [4.69, 9.17) is 10.7 Å². The summed E-state index contributed by atoms with van der Waals surface area (Å²) >= 11 is 0. The van der Waals surface area contributed by atoms with Crippen LogP contribution in [0.1, 0.15) is 76.3 Å². The van der Waals surface area contributed by atoms with Gasteiger partial charge >= 0.3 is 0 Å². The third kappa shape index (κ3) is 7.05. The zero-order valence-corrected chi connectivity index (χ0v) is 18.4. The van der Waals surface area contributed by atoms with Crippen LogP contribution in [0.25, 0.3) is 0 Å². The molecule has 4 heteroatoms. The van der Waals surface area contributed by atoms with Crippen LogP contribution in [0, 0.1) is 18.8 Å². The minimum Gasteiger partial charge on any atom is -0.387 e. The number of nitrogens with one attached hydrogen (secondary N) is 1. The average molecular weight is 385 g/mol. The van der Waals surface area contributed by atoms with E-state index in [1.54, 1.807) is 0 Å². The predicted octanol–water partition coefficient (Wildman–Crippen LogP) is 5.55. The summed E-state index contributed by atoms with van der Waals surface area (Å²) in [6, 6.07) is 6.52. The molecule has 0 saturated heterocycles. The van der Waals surface area contributed by atoms with Gasteiger partial charge in [-0.2, -0.15) is 0 Å². The van der Waals surface area contributed by atoms with Gasteiger partial charge in [0.15, 0.2) is 0 Å². The Morgan fingerprint density at radius 1 is 1.21 bits per heavy atom. The number of aliphatic imine (C=N–C) groups is 2. The van der Waals surface area contributed by atoms with E-state index in [1.807, 2.05) is 6.92 Å². The van der Waals surface area contributed by atoms with E-state index in [-0.39, 0.29) is 0 Å². The lowest BCUT2D eigenvalue weighted by Crippen LogP contribution is -2.28. The maximum absolute atomic E-state index is 6.08. The molecule has 0 aromatic heterocycles. The highest BCUT2D eigenvalue weighted by Crippen LogP contribution is 2.32. The fraction of sp³-hybridized carbons (Fsp3) is 0.667. The SMILES string of the molecule is CCC(N)=NC(CCC(CNC)C1CCCCC1)=Nc1ccc(CC)cc1C. The van der Waals surface area contributed by atoms with Gasteiger partial charge in [0, 0.05) is 12.8 Å². The van der Waals surface area contributed by atoms with Gasteiger partial charge in [-0.1, -0.05) is 58.1 Å². The lowest BCUT2D eigenvalue weighted by molar-refractivity contribution is 0.235. The first-order chi connectivity index (χ1) is 13.6. The Morgan fingerprint density at radius 2 is 1.96 bits per heavy atom. The predicted molar refractivity (Wildman–Crippen MR) is 123 cm³/mol. The van der Waals surface area contributed by atoms with Crippen LogP contribution in [0.15, 0.2) is 28.2 Å². The second-order valence-corrected chi connectivity index (χ2v) is 8.21. The van der Waals surface area contributed by atoms with E-state index in [0.29, 0.717) is 11.8 Å². The Kier molecular flexibility index (Phi) is 9.69. The molecule has 0 heterocycles. The summed E-state index contributed by atoms with van der Waals surface area (Å²) in [7, 11) is 2.07. The van der Waals surface area contributed by atoms with E-state index in [9.17, 15) is 0 Å². The van der Waals surface area contributed by atoms with Crippen LogP contribution < -0.4 is 11.1 Å². The number of benzene rings is 1. The summed E-state index contributed by atoms with van der Waals surface area (Å²) in [6.07, 6.45) is 10.7. The molecule has 156 valence electrons. The third-order valence-corrected chi connectivity index (χ3v) is 6.08. The Bertz CT molecular complexity index is 657. The van der Waals surface area contributed by atoms with Crippen LogP contribution >= 0.6 is 0 Å². The normalized spacial score (nSPS) is 17.7. The Labute approximate surface area is 172 Å². The molecule has 1 unspecified atom stereocenters. The van der Waals surface area contributed by atoms with Gasteiger partial charge in [-0.05, 0) is 62.4 Å². The summed E-state index contributed by atoms with van der Waals surface area (Å²) in [4.78, 5) is 9.60. The molecule has 2 rings (SSSR count). The first kappa shape index (κ1) is 22.6. The van der Waals surface area contributed by atoms with E-state index >= 15 is 0 Å². The number of nitrogens with zero attached hydrogens (tertiary/aromatic N) is 2. The van der Waals surface area contributed by atoms with Crippen molar-refractivity contribution in [3.63, 3.8) is 0 Å². The van der Waals surface area contributed by atoms with Crippen molar-refractivity contribution in [2.75, 3.05) is 13.6 Å². The Morgan fingerprint density at radius 3 is 2.57 bits per heavy atom. The van der Waals surface area contributed by atoms with Crippen molar-refractivity contribution in [2.24, 2.45) is 27.6 Å². The maximum atomic E-state index is 6.08. The van der Waals surface area contributed by atoms with Gasteiger partial charge in [0.1, 0.15) is 11.7 Å². The lowest BCUT2D eigenvalue weighted by atomic mass is 9.78. The summed E-state index contributed by atoms with van der Waals surface area (Å²) in [6.45, 7) is 7.44. The molecule has 1 aliphatic carbocycles. The van der Waals surface area contributed by atoms with Gasteiger partial charge in [0.2, 0.25) is 0 Å². The molecule has 1 saturated carbocycles. The third-order valence-electron chi connectivity index (χ3n) is 6.08. The van der Waals surface area contributed by atoms with Gasteiger partial charge in [0.05, 0.1) is 5.69 Å². The second kappa shape index (κ2) is 12.0. The fourth-order valence-corrected chi connectivity index (χ4v) is 4.27. The minimum absolute atomic E-state index is 0.671. The molecule has 1 fully saturated rings. The molecule has 0 aliphatic heterocycles. The van der Waals surface area contributed by atoms with Gasteiger partial charge in [-0.25, -0.2) is 9.98 Å². The highest BCUT2D eigenvalue weighted by Gasteiger charge is 2.23. The monoisotopic (exact) mass is 384 g/mol. The smallest absolute Gasteiger partial charge is 0.131 e. The molecule has 1 aromatic rings. The van der Waals surface area contributed by atoms with Gasteiger partial charge in [-0.15, -0.1) is 0 Å². The fourth-order valence-electron chi connectivity index (χ4n) is 4.27. The number of hydrogen-bond donors (Lipinski definition) is 2. The number of rotatable bonds is 9. The first-order valence-electron chi connectivity index (χ1n) is 11.2. The molecule has 1 aromatic carbocycles. The van der Waals surface area contributed by atoms with Gasteiger partial charge in [0.25, 0.3) is 0 Å². The van der Waals surface area contributed by atoms with Crippen molar-refractivity contribution in [1.82, 2.24) is 5.32 Å². The minimum atomic E-state index is 0.671. The summed E-state index contributed by atoms with van der Waals surface area (Å²) in [5, 5.41) is 3.41. The van der Waals surface area contributed by atoms with Crippen molar-refractivity contribution >= 4 is 17.4 Å². The zero-order chi connectivity index (χ0) is 20.4. The zero-order valence-electron chi connectivity index (χ0n) is 18.4. The summed E-state index contributed by atoms with van der Waals surface area (Å²) < 4.78 is 0. The molecule has 1 atom stereocenters. The molecule has 0 radical (unpaired) electrons. The number of amidine groups is 2. The van der Waals surface area contributed by atoms with Crippen LogP contribution in [-0.4, -0.2) is 25.3 Å². The van der Waals surface area contributed by atoms with Crippen LogP contribution in [0.5, 0.6) is 0 Å². The van der Waals surface area contributed by atoms with Crippen LogP contribution in [0.3, 0.4) is 0 Å². The van der Waals surface area contributed by atoms with Gasteiger partial charge < -0.3 is 11.1 Å². The Balaban J connectivity index is 2.17. The van der Waals surface area contributed by atoms with E-state index in [0.717, 1.165) is 49.7 Å². The summed E-state index contributed by atoms with van der Waals surface area (Å²) in [5.41, 5.74) is 9.65. The van der Waals surface area contributed by atoms with E-state index in [2.05, 4.69) is 49.4 Å². The Hall–Kier alpha value is -1.68. The molecule has 0 amide bonds. The molecule has 1 aliphatic rings. The van der Waals surface area contributed by atoms with Crippen molar-refractivity contribution in [2.45, 2.75) is 78.6 Å². The summed E-state index contributed by atoms with van der Waals surface area (Å²) in [5.74, 6) is 3.07. The molecule has 4 nitrogen and oxygen atoms in total. The maximum Gasteiger partial charge on any atom is 0.131 e. The molecule has 0 spiro atoms. The average Bonchev–Trinajstić information content (AvgIpc) is 2.72. The number of aryl methyl sites for hydroxylation is 2. The van der Waals surface area contributed by atoms with Crippen LogP contribution in [-0.2, 0) is 6.42 Å². The highest BCUT2D eigenvalue weighted by molar-refractivity contribution is 5.97. The number of nitrogens with two attached hydrogens (primary N) is 1. The largest absolute Gasteiger partial charge is 0.387 e. The van der Waals surface area contributed by atoms with Crippen LogP contribution in [0.2, 0.25) is 0 Å². The van der Waals surface area contributed by atoms with Crippen LogP contribution in [0.4, 0.5) is 5.69 Å². The molecular weight excluding hydrogens is 344 g/mol. The van der Waals surface area contributed by atoms with Crippen molar-refractivity contribution in [3.8, 4) is 0 Å². The molecule has 28 heavy (non-hydrogen) atoms. The van der Waals surface area contributed by atoms with Crippen molar-refractivity contribution in [3.05, 3.63) is 29.3 Å². The molecular formula is C24H40N4. The first-order valence-corrected chi connectivity index (χ1v) is 11.2. The molecule has 3 N–H and O–H groups in total. The van der Waals surface area contributed by atoms with Gasteiger partial charge in [-0.3, -0.25) is 0 Å². The highest BCUT2D eigenvalue weighted by atomic mass is 15.0. The lowest BCUT2D eigenvalue weighted by Gasteiger charge is -2.30. The standard InChI is InChI=1S/C24H40N4/c1-5-19-12-14-22(18(3)16-19)27-24(28-23(25)6-2)15-13-21(17-26-4)20-10-8-7-9-11-20/h12,14,16,20-21,26H,5-11,13,15,17H2,1-4H3,(H2,25,27,28). The number of hydrogen-bond acceptors (Lipinski definition) is 2. The molecule has 0 bridgehead atoms. The van der Waals surface area contributed by atoms with Crippen molar-refractivity contribution < 1.29 is 0 Å². The van der Waals surface area contributed by atoms with E-state index in [1.165, 1.54) is 43.2 Å². The topological polar surface area (TPSA) is 62.8 Å².